The minimum atomic E-state index is -4.54. The Morgan fingerprint density at radius 1 is 1.16 bits per heavy atom. The number of aromatic nitrogens is 5. The van der Waals surface area contributed by atoms with Gasteiger partial charge in [0.05, 0.1) is 11.7 Å². The Bertz CT molecular complexity index is 843. The Kier molecular flexibility index (Phi) is 4.39. The zero-order valence-electron chi connectivity index (χ0n) is 13.3. The van der Waals surface area contributed by atoms with Gasteiger partial charge < -0.3 is 5.73 Å². The molecule has 3 heterocycles. The largest absolute Gasteiger partial charge is 0.433 e. The second-order valence-corrected chi connectivity index (χ2v) is 5.39. The molecule has 3 rings (SSSR count). The third-order valence-electron chi connectivity index (χ3n) is 3.77. The van der Waals surface area contributed by atoms with Crippen molar-refractivity contribution in [2.45, 2.75) is 25.6 Å². The Balaban J connectivity index is 2.12. The van der Waals surface area contributed by atoms with E-state index in [0.717, 1.165) is 10.7 Å². The van der Waals surface area contributed by atoms with E-state index < -0.39 is 17.9 Å². The lowest BCUT2D eigenvalue weighted by atomic mass is 10.1. The number of hydrogen-bond acceptors (Lipinski definition) is 5. The molecule has 130 valence electrons. The molecule has 0 spiro atoms. The minimum Gasteiger partial charge on any atom is -0.368 e. The fourth-order valence-electron chi connectivity index (χ4n) is 2.59. The number of nitrogen functional groups attached to an aromatic ring is 1. The van der Waals surface area contributed by atoms with Gasteiger partial charge in [-0.15, -0.1) is 0 Å². The topological polar surface area (TPSA) is 82.5 Å². The quantitative estimate of drug-likeness (QED) is 0.782. The first-order chi connectivity index (χ1) is 11.9. The van der Waals surface area contributed by atoms with Gasteiger partial charge in [-0.2, -0.15) is 18.3 Å². The van der Waals surface area contributed by atoms with Crippen LogP contribution in [-0.2, 0) is 6.18 Å². The molecule has 0 amide bonds. The molecule has 9 heteroatoms. The van der Waals surface area contributed by atoms with Gasteiger partial charge in [0.15, 0.2) is 0 Å². The van der Waals surface area contributed by atoms with E-state index in [1.54, 1.807) is 31.5 Å². The molecule has 3 aromatic heterocycles. The Morgan fingerprint density at radius 3 is 2.36 bits per heavy atom. The number of hydrogen-bond donors (Lipinski definition) is 1. The van der Waals surface area contributed by atoms with Crippen LogP contribution in [0.5, 0.6) is 0 Å². The van der Waals surface area contributed by atoms with E-state index in [2.05, 4.69) is 20.1 Å². The maximum absolute atomic E-state index is 13.5. The summed E-state index contributed by atoms with van der Waals surface area (Å²) in [6.07, 6.45) is 1.69. The Morgan fingerprint density at radius 2 is 1.80 bits per heavy atom. The number of pyridine rings is 1. The van der Waals surface area contributed by atoms with Gasteiger partial charge >= 0.3 is 6.18 Å². The second-order valence-electron chi connectivity index (χ2n) is 5.39. The normalized spacial score (nSPS) is 13.0. The molecule has 0 aliphatic carbocycles. The lowest BCUT2D eigenvalue weighted by Crippen LogP contribution is -2.20. The molecule has 25 heavy (non-hydrogen) atoms. The van der Waals surface area contributed by atoms with Crippen LogP contribution in [-0.4, -0.2) is 24.7 Å². The van der Waals surface area contributed by atoms with Crippen LogP contribution in [0.2, 0.25) is 0 Å². The number of anilines is 1. The van der Waals surface area contributed by atoms with Crippen LogP contribution in [0.1, 0.15) is 30.6 Å². The van der Waals surface area contributed by atoms with Crippen molar-refractivity contribution in [2.24, 2.45) is 0 Å². The summed E-state index contributed by atoms with van der Waals surface area (Å²) in [7, 11) is 0. The van der Waals surface area contributed by atoms with E-state index in [9.17, 15) is 13.2 Å². The maximum Gasteiger partial charge on any atom is 0.433 e. The minimum absolute atomic E-state index is 0.0439. The first kappa shape index (κ1) is 16.9. The summed E-state index contributed by atoms with van der Waals surface area (Å²) < 4.78 is 41.6. The molecular formula is C16H15F3N6. The number of halogens is 3. The van der Waals surface area contributed by atoms with E-state index >= 15 is 0 Å². The molecule has 0 aromatic carbocycles. The van der Waals surface area contributed by atoms with Gasteiger partial charge in [-0.05, 0) is 30.2 Å². The van der Waals surface area contributed by atoms with Gasteiger partial charge in [-0.25, -0.2) is 9.97 Å². The Hall–Kier alpha value is -2.97. The van der Waals surface area contributed by atoms with Crippen molar-refractivity contribution < 1.29 is 13.2 Å². The van der Waals surface area contributed by atoms with E-state index in [1.807, 2.05) is 0 Å². The van der Waals surface area contributed by atoms with Crippen LogP contribution in [0.3, 0.4) is 0 Å². The van der Waals surface area contributed by atoms with E-state index in [0.29, 0.717) is 17.5 Å². The smallest absolute Gasteiger partial charge is 0.368 e. The van der Waals surface area contributed by atoms with Crippen molar-refractivity contribution in [1.82, 2.24) is 24.7 Å². The van der Waals surface area contributed by atoms with Crippen molar-refractivity contribution >= 4 is 5.95 Å². The van der Waals surface area contributed by atoms with Gasteiger partial charge in [-0.3, -0.25) is 9.67 Å². The predicted octanol–water partition coefficient (Wildman–Crippen LogP) is 3.34. The molecule has 6 nitrogen and oxygen atoms in total. The highest BCUT2D eigenvalue weighted by Gasteiger charge is 2.37. The number of nitrogens with two attached hydrogens (primary N) is 1. The van der Waals surface area contributed by atoms with Crippen molar-refractivity contribution in [2.75, 3.05) is 5.73 Å². The highest BCUT2D eigenvalue weighted by molar-refractivity contribution is 5.58. The van der Waals surface area contributed by atoms with Crippen molar-refractivity contribution in [3.8, 4) is 11.3 Å². The summed E-state index contributed by atoms with van der Waals surface area (Å²) in [5.41, 5.74) is 5.79. The zero-order valence-corrected chi connectivity index (χ0v) is 13.3. The standard InChI is InChI=1S/C16H15F3N6/c1-2-13(10-3-5-21-6-4-10)25-14(16(17,18)19)7-12(24-25)11-8-22-15(20)23-9-11/h3-9,13H,2H2,1H3,(H2,20,22,23). The summed E-state index contributed by atoms with van der Waals surface area (Å²) in [6, 6.07) is 3.80. The molecule has 2 N–H and O–H groups in total. The Labute approximate surface area is 141 Å². The fourth-order valence-corrected chi connectivity index (χ4v) is 2.59. The van der Waals surface area contributed by atoms with Crippen LogP contribution >= 0.6 is 0 Å². The van der Waals surface area contributed by atoms with Gasteiger partial charge in [-0.1, -0.05) is 6.92 Å². The molecule has 0 fully saturated rings. The fraction of sp³-hybridized carbons (Fsp3) is 0.250. The number of nitrogens with zero attached hydrogens (tertiary/aromatic N) is 5. The highest BCUT2D eigenvalue weighted by atomic mass is 19.4. The monoisotopic (exact) mass is 348 g/mol. The molecule has 1 unspecified atom stereocenters. The maximum atomic E-state index is 13.5. The molecule has 0 saturated carbocycles. The van der Waals surface area contributed by atoms with Gasteiger partial charge in [0, 0.05) is 30.4 Å². The molecule has 1 atom stereocenters. The average Bonchev–Trinajstić information content (AvgIpc) is 3.03. The summed E-state index contributed by atoms with van der Waals surface area (Å²) >= 11 is 0. The van der Waals surface area contributed by atoms with Crippen molar-refractivity contribution in [3.05, 3.63) is 54.2 Å². The van der Waals surface area contributed by atoms with Gasteiger partial charge in [0.1, 0.15) is 5.69 Å². The van der Waals surface area contributed by atoms with Gasteiger partial charge in [0.2, 0.25) is 5.95 Å². The van der Waals surface area contributed by atoms with Crippen molar-refractivity contribution in [3.63, 3.8) is 0 Å². The van der Waals surface area contributed by atoms with E-state index in [4.69, 9.17) is 5.73 Å². The molecule has 0 aliphatic heterocycles. The second kappa shape index (κ2) is 6.50. The number of rotatable bonds is 4. The molecule has 0 saturated heterocycles. The first-order valence-corrected chi connectivity index (χ1v) is 7.54. The van der Waals surface area contributed by atoms with Gasteiger partial charge in [0.25, 0.3) is 0 Å². The van der Waals surface area contributed by atoms with E-state index in [1.165, 1.54) is 12.4 Å². The lowest BCUT2D eigenvalue weighted by molar-refractivity contribution is -0.144. The first-order valence-electron chi connectivity index (χ1n) is 7.54. The van der Waals surface area contributed by atoms with Crippen LogP contribution in [0, 0.1) is 0 Å². The van der Waals surface area contributed by atoms with Crippen LogP contribution in [0.15, 0.2) is 43.0 Å². The average molecular weight is 348 g/mol. The summed E-state index contributed by atoms with van der Waals surface area (Å²) in [4.78, 5) is 11.5. The summed E-state index contributed by atoms with van der Waals surface area (Å²) in [6.45, 7) is 1.80. The SMILES string of the molecule is CCC(c1ccncc1)n1nc(-c2cnc(N)nc2)cc1C(F)(F)F. The van der Waals surface area contributed by atoms with Crippen LogP contribution < -0.4 is 5.73 Å². The van der Waals surface area contributed by atoms with Crippen LogP contribution in [0.4, 0.5) is 19.1 Å². The highest BCUT2D eigenvalue weighted by Crippen LogP contribution is 2.36. The molecule has 3 aromatic rings. The van der Waals surface area contributed by atoms with E-state index in [-0.39, 0.29) is 11.6 Å². The predicted molar refractivity (Wildman–Crippen MR) is 85.3 cm³/mol. The number of alkyl halides is 3. The third-order valence-corrected chi connectivity index (χ3v) is 3.77. The van der Waals surface area contributed by atoms with Crippen LogP contribution in [0.25, 0.3) is 11.3 Å². The third kappa shape index (κ3) is 3.44. The van der Waals surface area contributed by atoms with Crippen molar-refractivity contribution in [1.29, 1.82) is 0 Å². The molecule has 0 bridgehead atoms. The molecular weight excluding hydrogens is 333 g/mol. The summed E-state index contributed by atoms with van der Waals surface area (Å²) in [5.74, 6) is 0.0439. The summed E-state index contributed by atoms with van der Waals surface area (Å²) in [5, 5.41) is 4.18. The molecule has 0 radical (unpaired) electrons. The lowest BCUT2D eigenvalue weighted by Gasteiger charge is -2.20. The molecule has 0 aliphatic rings. The zero-order chi connectivity index (χ0) is 18.0.